The van der Waals surface area contributed by atoms with Crippen molar-refractivity contribution in [2.24, 2.45) is 0 Å². The van der Waals surface area contributed by atoms with Gasteiger partial charge in [0.25, 0.3) is 5.91 Å². The molecular weight excluding hydrogens is 346 g/mol. The summed E-state index contributed by atoms with van der Waals surface area (Å²) in [5.74, 6) is -0.191. The standard InChI is InChI=1S/C20H25N3O2S/c1-15-5-3-6-17(13-15)14-22-8-10-23(11-9-22)20(25)16(2)21-19(24)18-7-4-12-26-18/h3-7,12-13,16H,8-11,14H2,1-2H3,(H,21,24). The predicted octanol–water partition coefficient (Wildman–Crippen LogP) is 2.52. The third-order valence-electron chi connectivity index (χ3n) is 4.64. The Morgan fingerprint density at radius 2 is 1.92 bits per heavy atom. The summed E-state index contributed by atoms with van der Waals surface area (Å²) in [6.07, 6.45) is 0. The summed E-state index contributed by atoms with van der Waals surface area (Å²) in [6.45, 7) is 7.87. The number of nitrogens with zero attached hydrogens (tertiary/aromatic N) is 2. The van der Waals surface area contributed by atoms with Crippen molar-refractivity contribution in [1.29, 1.82) is 0 Å². The maximum atomic E-state index is 12.6. The van der Waals surface area contributed by atoms with Gasteiger partial charge in [-0.15, -0.1) is 11.3 Å². The van der Waals surface area contributed by atoms with Crippen molar-refractivity contribution >= 4 is 23.2 Å². The number of aryl methyl sites for hydroxylation is 1. The van der Waals surface area contributed by atoms with E-state index in [2.05, 4.69) is 41.4 Å². The fourth-order valence-corrected chi connectivity index (χ4v) is 3.83. The molecule has 26 heavy (non-hydrogen) atoms. The Labute approximate surface area is 158 Å². The lowest BCUT2D eigenvalue weighted by atomic mass is 10.1. The molecule has 1 fully saturated rings. The third kappa shape index (κ3) is 4.71. The maximum Gasteiger partial charge on any atom is 0.261 e. The summed E-state index contributed by atoms with van der Waals surface area (Å²) < 4.78 is 0. The number of rotatable bonds is 5. The lowest BCUT2D eigenvalue weighted by molar-refractivity contribution is -0.134. The minimum Gasteiger partial charge on any atom is -0.340 e. The largest absolute Gasteiger partial charge is 0.340 e. The van der Waals surface area contributed by atoms with Crippen LogP contribution in [0.25, 0.3) is 0 Å². The number of hydrogen-bond acceptors (Lipinski definition) is 4. The molecule has 138 valence electrons. The first kappa shape index (κ1) is 18.6. The maximum absolute atomic E-state index is 12.6. The average Bonchev–Trinajstić information content (AvgIpc) is 3.16. The molecule has 0 bridgehead atoms. The van der Waals surface area contributed by atoms with Gasteiger partial charge < -0.3 is 10.2 Å². The molecule has 1 aromatic carbocycles. The van der Waals surface area contributed by atoms with E-state index in [0.717, 1.165) is 19.6 Å². The summed E-state index contributed by atoms with van der Waals surface area (Å²) >= 11 is 1.38. The van der Waals surface area contributed by atoms with E-state index in [4.69, 9.17) is 0 Å². The highest BCUT2D eigenvalue weighted by Gasteiger charge is 2.26. The van der Waals surface area contributed by atoms with Crippen molar-refractivity contribution in [3.63, 3.8) is 0 Å². The van der Waals surface area contributed by atoms with Crippen LogP contribution in [0.2, 0.25) is 0 Å². The lowest BCUT2D eigenvalue weighted by Gasteiger charge is -2.36. The molecule has 6 heteroatoms. The number of nitrogens with one attached hydrogen (secondary N) is 1. The summed E-state index contributed by atoms with van der Waals surface area (Å²) in [5.41, 5.74) is 2.58. The number of hydrogen-bond donors (Lipinski definition) is 1. The van der Waals surface area contributed by atoms with Gasteiger partial charge in [0, 0.05) is 32.7 Å². The van der Waals surface area contributed by atoms with Gasteiger partial charge >= 0.3 is 0 Å². The molecule has 1 atom stereocenters. The monoisotopic (exact) mass is 371 g/mol. The molecule has 3 rings (SSSR count). The van der Waals surface area contributed by atoms with Crippen LogP contribution in [0, 0.1) is 6.92 Å². The van der Waals surface area contributed by atoms with Crippen molar-refractivity contribution in [3.8, 4) is 0 Å². The lowest BCUT2D eigenvalue weighted by Crippen LogP contribution is -2.53. The molecule has 0 aliphatic carbocycles. The second-order valence-electron chi connectivity index (χ2n) is 6.76. The zero-order chi connectivity index (χ0) is 18.5. The first-order valence-corrected chi connectivity index (χ1v) is 9.82. The minimum absolute atomic E-state index is 0.00916. The Morgan fingerprint density at radius 1 is 1.15 bits per heavy atom. The van der Waals surface area contributed by atoms with Gasteiger partial charge in [-0.25, -0.2) is 0 Å². The highest BCUT2D eigenvalue weighted by Crippen LogP contribution is 2.12. The number of amides is 2. The Morgan fingerprint density at radius 3 is 2.58 bits per heavy atom. The molecule has 2 amide bonds. The zero-order valence-corrected chi connectivity index (χ0v) is 16.1. The molecule has 0 saturated carbocycles. The summed E-state index contributed by atoms with van der Waals surface area (Å²) in [5, 5.41) is 4.66. The van der Waals surface area contributed by atoms with E-state index in [1.54, 1.807) is 13.0 Å². The SMILES string of the molecule is Cc1cccc(CN2CCN(C(=O)C(C)NC(=O)c3cccs3)CC2)c1. The fourth-order valence-electron chi connectivity index (χ4n) is 3.21. The first-order chi connectivity index (χ1) is 12.5. The predicted molar refractivity (Wildman–Crippen MR) is 104 cm³/mol. The van der Waals surface area contributed by atoms with Gasteiger partial charge in [-0.3, -0.25) is 14.5 Å². The molecule has 1 N–H and O–H groups in total. The fraction of sp³-hybridized carbons (Fsp3) is 0.400. The summed E-state index contributed by atoms with van der Waals surface area (Å²) in [7, 11) is 0. The normalized spacial score (nSPS) is 16.3. The number of benzene rings is 1. The van der Waals surface area contributed by atoms with Crippen molar-refractivity contribution in [1.82, 2.24) is 15.1 Å². The number of carbonyl (C=O) groups excluding carboxylic acids is 2. The van der Waals surface area contributed by atoms with E-state index in [-0.39, 0.29) is 11.8 Å². The van der Waals surface area contributed by atoms with Gasteiger partial charge in [0.1, 0.15) is 6.04 Å². The smallest absolute Gasteiger partial charge is 0.261 e. The van der Waals surface area contributed by atoms with Crippen LogP contribution >= 0.6 is 11.3 Å². The van der Waals surface area contributed by atoms with Crippen molar-refractivity contribution in [2.75, 3.05) is 26.2 Å². The van der Waals surface area contributed by atoms with E-state index < -0.39 is 6.04 Å². The third-order valence-corrected chi connectivity index (χ3v) is 5.50. The molecule has 1 aromatic heterocycles. The van der Waals surface area contributed by atoms with Crippen LogP contribution in [0.5, 0.6) is 0 Å². The minimum atomic E-state index is -0.507. The summed E-state index contributed by atoms with van der Waals surface area (Å²) in [6, 6.07) is 11.6. The number of piperazine rings is 1. The average molecular weight is 372 g/mol. The van der Waals surface area contributed by atoms with Crippen LogP contribution in [-0.2, 0) is 11.3 Å². The van der Waals surface area contributed by atoms with Gasteiger partial charge in [-0.1, -0.05) is 35.9 Å². The molecule has 1 unspecified atom stereocenters. The van der Waals surface area contributed by atoms with E-state index in [1.807, 2.05) is 16.3 Å². The van der Waals surface area contributed by atoms with Gasteiger partial charge in [0.15, 0.2) is 0 Å². The molecule has 0 radical (unpaired) electrons. The molecule has 2 heterocycles. The second kappa shape index (κ2) is 8.47. The van der Waals surface area contributed by atoms with Gasteiger partial charge in [0.2, 0.25) is 5.91 Å². The van der Waals surface area contributed by atoms with E-state index in [1.165, 1.54) is 22.5 Å². The highest BCUT2D eigenvalue weighted by atomic mass is 32.1. The summed E-state index contributed by atoms with van der Waals surface area (Å²) in [4.78, 5) is 29.6. The van der Waals surface area contributed by atoms with Gasteiger partial charge in [-0.2, -0.15) is 0 Å². The van der Waals surface area contributed by atoms with E-state index in [9.17, 15) is 9.59 Å². The van der Waals surface area contributed by atoms with Crippen LogP contribution in [0.1, 0.15) is 27.7 Å². The van der Waals surface area contributed by atoms with Crippen LogP contribution in [0.15, 0.2) is 41.8 Å². The van der Waals surface area contributed by atoms with Crippen molar-refractivity contribution in [2.45, 2.75) is 26.4 Å². The Hall–Kier alpha value is -2.18. The Bertz CT molecular complexity index is 752. The van der Waals surface area contributed by atoms with E-state index in [0.29, 0.717) is 18.0 Å². The molecule has 5 nitrogen and oxygen atoms in total. The van der Waals surface area contributed by atoms with Crippen LogP contribution < -0.4 is 5.32 Å². The van der Waals surface area contributed by atoms with Crippen molar-refractivity contribution in [3.05, 3.63) is 57.8 Å². The van der Waals surface area contributed by atoms with Crippen LogP contribution in [0.3, 0.4) is 0 Å². The first-order valence-electron chi connectivity index (χ1n) is 8.94. The Balaban J connectivity index is 1.47. The van der Waals surface area contributed by atoms with E-state index >= 15 is 0 Å². The van der Waals surface area contributed by atoms with Crippen LogP contribution in [-0.4, -0.2) is 53.8 Å². The molecular formula is C20H25N3O2S. The molecule has 2 aromatic rings. The Kier molecular flexibility index (Phi) is 6.06. The topological polar surface area (TPSA) is 52.6 Å². The molecule has 0 spiro atoms. The quantitative estimate of drug-likeness (QED) is 0.879. The van der Waals surface area contributed by atoms with Gasteiger partial charge in [-0.05, 0) is 30.9 Å². The molecule has 1 aliphatic heterocycles. The van der Waals surface area contributed by atoms with Gasteiger partial charge in [0.05, 0.1) is 4.88 Å². The van der Waals surface area contributed by atoms with Crippen molar-refractivity contribution < 1.29 is 9.59 Å². The highest BCUT2D eigenvalue weighted by molar-refractivity contribution is 7.12. The molecule has 1 saturated heterocycles. The molecule has 1 aliphatic rings. The number of thiophene rings is 1. The second-order valence-corrected chi connectivity index (χ2v) is 7.71. The number of carbonyl (C=O) groups is 2. The van der Waals surface area contributed by atoms with Crippen LogP contribution in [0.4, 0.5) is 0 Å². The zero-order valence-electron chi connectivity index (χ0n) is 15.3.